The van der Waals surface area contributed by atoms with Gasteiger partial charge in [-0.15, -0.1) is 0 Å². The van der Waals surface area contributed by atoms with E-state index in [2.05, 4.69) is 17.0 Å². The van der Waals surface area contributed by atoms with Crippen LogP contribution in [0.2, 0.25) is 0 Å². The molecule has 36 heavy (non-hydrogen) atoms. The van der Waals surface area contributed by atoms with E-state index in [0.717, 1.165) is 35.6 Å². The van der Waals surface area contributed by atoms with Crippen molar-refractivity contribution in [3.63, 3.8) is 0 Å². The van der Waals surface area contributed by atoms with Gasteiger partial charge in [-0.2, -0.15) is 0 Å². The first kappa shape index (κ1) is 24.0. The molecule has 1 saturated heterocycles. The molecule has 2 heterocycles. The third-order valence-electron chi connectivity index (χ3n) is 7.11. The van der Waals surface area contributed by atoms with Gasteiger partial charge in [0.05, 0.1) is 25.5 Å². The van der Waals surface area contributed by atoms with Gasteiger partial charge in [0.2, 0.25) is 0 Å². The van der Waals surface area contributed by atoms with Crippen molar-refractivity contribution in [3.8, 4) is 11.5 Å². The molecule has 0 N–H and O–H groups in total. The van der Waals surface area contributed by atoms with Crippen molar-refractivity contribution in [1.82, 2.24) is 4.90 Å². The number of methoxy groups -OCH3 is 1. The van der Waals surface area contributed by atoms with Crippen LogP contribution in [0.1, 0.15) is 41.8 Å². The molecule has 1 atom stereocenters. The Morgan fingerprint density at radius 2 is 1.78 bits per heavy atom. The van der Waals surface area contributed by atoms with E-state index < -0.39 is 11.7 Å². The van der Waals surface area contributed by atoms with Crippen molar-refractivity contribution in [2.75, 3.05) is 31.6 Å². The van der Waals surface area contributed by atoms with Crippen LogP contribution in [-0.2, 0) is 11.2 Å². The van der Waals surface area contributed by atoms with Gasteiger partial charge in [-0.05, 0) is 61.9 Å². The predicted molar refractivity (Wildman–Crippen MR) is 137 cm³/mol. The number of nitrogens with zero attached hydrogens (tertiary/aromatic N) is 2. The van der Waals surface area contributed by atoms with E-state index in [-0.39, 0.29) is 17.9 Å². The maximum atomic E-state index is 13.2. The highest BCUT2D eigenvalue weighted by Crippen LogP contribution is 2.36. The minimum absolute atomic E-state index is 0.0738. The van der Waals surface area contributed by atoms with Crippen molar-refractivity contribution in [2.45, 2.75) is 44.2 Å². The molecule has 1 aliphatic carbocycles. The number of hydrogen-bond acceptors (Lipinski definition) is 6. The number of carbonyl (C=O) groups excluding carboxylic acids is 2. The first-order valence-electron chi connectivity index (χ1n) is 12.6. The van der Waals surface area contributed by atoms with Gasteiger partial charge < -0.3 is 23.7 Å². The van der Waals surface area contributed by atoms with E-state index in [1.807, 2.05) is 36.4 Å². The van der Waals surface area contributed by atoms with Crippen LogP contribution in [0, 0.1) is 0 Å². The van der Waals surface area contributed by atoms with Crippen LogP contribution in [0.4, 0.5) is 5.69 Å². The number of rotatable bonds is 8. The molecule has 7 heteroatoms. The van der Waals surface area contributed by atoms with Crippen molar-refractivity contribution < 1.29 is 23.5 Å². The van der Waals surface area contributed by atoms with Crippen LogP contribution in [0.5, 0.6) is 11.5 Å². The number of carbonyl (C=O) groups is 2. The fraction of sp³-hybridized carbons (Fsp3) is 0.379. The molecule has 1 aromatic heterocycles. The zero-order valence-corrected chi connectivity index (χ0v) is 20.6. The van der Waals surface area contributed by atoms with Crippen LogP contribution in [0.15, 0.2) is 71.3 Å². The van der Waals surface area contributed by atoms with Crippen LogP contribution < -0.4 is 14.4 Å². The van der Waals surface area contributed by atoms with Gasteiger partial charge in [0.15, 0.2) is 17.3 Å². The molecule has 3 aromatic rings. The second-order valence-corrected chi connectivity index (χ2v) is 9.45. The lowest BCUT2D eigenvalue weighted by atomic mass is 10.0. The van der Waals surface area contributed by atoms with Gasteiger partial charge in [-0.1, -0.05) is 30.3 Å². The molecule has 1 saturated carbocycles. The van der Waals surface area contributed by atoms with Crippen LogP contribution in [0.25, 0.3) is 0 Å². The average Bonchev–Trinajstić information content (AvgIpc) is 3.63. The third-order valence-corrected chi connectivity index (χ3v) is 7.11. The Balaban J connectivity index is 1.38. The summed E-state index contributed by atoms with van der Waals surface area (Å²) in [5.41, 5.74) is 2.14. The van der Waals surface area contributed by atoms with Gasteiger partial charge in [-0.3, -0.25) is 9.59 Å². The van der Waals surface area contributed by atoms with Crippen molar-refractivity contribution in [3.05, 3.63) is 78.3 Å². The lowest BCUT2D eigenvalue weighted by Gasteiger charge is -2.42. The number of Topliss-reactive ketones (excluding diaryl/α,β-unsaturated/α-hetero) is 1. The monoisotopic (exact) mass is 488 g/mol. The molecule has 1 aliphatic heterocycles. The lowest BCUT2D eigenvalue weighted by Crippen LogP contribution is -2.57. The SMILES string of the molecule is COc1ccc(N2CCN(C(=O)C(=O)c3ccco3)C(Cc3ccccc3)C2)cc1OC1CCCC1. The molecular formula is C29H32N2O5. The average molecular weight is 489 g/mol. The summed E-state index contributed by atoms with van der Waals surface area (Å²) < 4.78 is 17.1. The summed E-state index contributed by atoms with van der Waals surface area (Å²) in [7, 11) is 1.66. The van der Waals surface area contributed by atoms with Crippen molar-refractivity contribution in [1.29, 1.82) is 0 Å². The highest BCUT2D eigenvalue weighted by Gasteiger charge is 2.35. The predicted octanol–water partition coefficient (Wildman–Crippen LogP) is 4.75. The number of anilines is 1. The maximum Gasteiger partial charge on any atom is 0.298 e. The fourth-order valence-electron chi connectivity index (χ4n) is 5.20. The molecule has 0 radical (unpaired) electrons. The lowest BCUT2D eigenvalue weighted by molar-refractivity contribution is -0.129. The zero-order chi connectivity index (χ0) is 24.9. The fourth-order valence-corrected chi connectivity index (χ4v) is 5.20. The Morgan fingerprint density at radius 1 is 0.972 bits per heavy atom. The van der Waals surface area contributed by atoms with Gasteiger partial charge in [0, 0.05) is 31.4 Å². The highest BCUT2D eigenvalue weighted by molar-refractivity contribution is 6.42. The molecule has 2 aliphatic rings. The number of hydrogen-bond donors (Lipinski definition) is 0. The molecule has 188 valence electrons. The largest absolute Gasteiger partial charge is 0.493 e. The number of benzene rings is 2. The van der Waals surface area contributed by atoms with E-state index in [1.165, 1.54) is 25.2 Å². The highest BCUT2D eigenvalue weighted by atomic mass is 16.5. The molecule has 2 fully saturated rings. The summed E-state index contributed by atoms with van der Waals surface area (Å²) in [6.07, 6.45) is 6.81. The maximum absolute atomic E-state index is 13.2. The summed E-state index contributed by atoms with van der Waals surface area (Å²) in [4.78, 5) is 30.0. The van der Waals surface area contributed by atoms with E-state index in [4.69, 9.17) is 13.9 Å². The first-order valence-corrected chi connectivity index (χ1v) is 12.6. The van der Waals surface area contributed by atoms with Crippen LogP contribution in [-0.4, -0.2) is 55.5 Å². The molecule has 5 rings (SSSR count). The number of furan rings is 1. The van der Waals surface area contributed by atoms with Crippen molar-refractivity contribution >= 4 is 17.4 Å². The van der Waals surface area contributed by atoms with Gasteiger partial charge in [0.25, 0.3) is 11.7 Å². The van der Waals surface area contributed by atoms with E-state index in [9.17, 15) is 9.59 Å². The Bertz CT molecular complexity index is 1170. The summed E-state index contributed by atoms with van der Waals surface area (Å²) in [5, 5.41) is 0. The molecule has 1 amide bonds. The summed E-state index contributed by atoms with van der Waals surface area (Å²) in [6, 6.07) is 19.1. The van der Waals surface area contributed by atoms with E-state index in [1.54, 1.807) is 18.1 Å². The molecule has 0 bridgehead atoms. The second-order valence-electron chi connectivity index (χ2n) is 9.45. The Morgan fingerprint density at radius 3 is 2.50 bits per heavy atom. The zero-order valence-electron chi connectivity index (χ0n) is 20.6. The van der Waals surface area contributed by atoms with Crippen molar-refractivity contribution in [2.24, 2.45) is 0 Å². The van der Waals surface area contributed by atoms with Gasteiger partial charge >= 0.3 is 0 Å². The number of ether oxygens (including phenoxy) is 2. The minimum atomic E-state index is -0.608. The Hall–Kier alpha value is -3.74. The topological polar surface area (TPSA) is 72.2 Å². The second kappa shape index (κ2) is 10.9. The number of amides is 1. The molecule has 7 nitrogen and oxygen atoms in total. The smallest absolute Gasteiger partial charge is 0.298 e. The summed E-state index contributed by atoms with van der Waals surface area (Å²) in [6.45, 7) is 1.65. The summed E-state index contributed by atoms with van der Waals surface area (Å²) >= 11 is 0. The minimum Gasteiger partial charge on any atom is -0.493 e. The standard InChI is InChI=1S/C29H32N2O5/c1-34-25-14-13-22(19-27(25)36-24-10-5-6-11-24)30-15-16-31(29(33)28(32)26-12-7-17-35-26)23(20-30)18-21-8-3-2-4-9-21/h2-4,7-9,12-14,17,19,23-24H,5-6,10-11,15-16,18,20H2,1H3. The van der Waals surface area contributed by atoms with E-state index >= 15 is 0 Å². The molecular weight excluding hydrogens is 456 g/mol. The normalized spacial score (nSPS) is 18.3. The molecule has 1 unspecified atom stereocenters. The quantitative estimate of drug-likeness (QED) is 0.337. The number of piperazine rings is 1. The first-order chi connectivity index (χ1) is 17.6. The van der Waals surface area contributed by atoms with Crippen LogP contribution >= 0.6 is 0 Å². The third kappa shape index (κ3) is 5.25. The Labute approximate surface area is 211 Å². The van der Waals surface area contributed by atoms with E-state index in [0.29, 0.717) is 26.1 Å². The molecule has 2 aromatic carbocycles. The van der Waals surface area contributed by atoms with Gasteiger partial charge in [0.1, 0.15) is 0 Å². The van der Waals surface area contributed by atoms with Crippen LogP contribution in [0.3, 0.4) is 0 Å². The number of ketones is 1. The summed E-state index contributed by atoms with van der Waals surface area (Å²) in [5.74, 6) is 0.427. The Kier molecular flexibility index (Phi) is 7.26. The van der Waals surface area contributed by atoms with Gasteiger partial charge in [-0.25, -0.2) is 0 Å². The molecule has 0 spiro atoms.